The predicted molar refractivity (Wildman–Crippen MR) is 102 cm³/mol. The number of nitrogens with zero attached hydrogens (tertiary/aromatic N) is 1. The molecule has 1 heterocycles. The average molecular weight is 372 g/mol. The zero-order chi connectivity index (χ0) is 18.6. The number of piperidine rings is 1. The van der Waals surface area contributed by atoms with E-state index in [9.17, 15) is 13.2 Å². The van der Waals surface area contributed by atoms with E-state index in [4.69, 9.17) is 0 Å². The fraction of sp³-hybridized carbons (Fsp3) is 0.350. The van der Waals surface area contributed by atoms with Gasteiger partial charge in [0.1, 0.15) is 0 Å². The average Bonchev–Trinajstić information content (AvgIpc) is 2.69. The predicted octanol–water partition coefficient (Wildman–Crippen LogP) is 3.29. The van der Waals surface area contributed by atoms with Crippen molar-refractivity contribution < 1.29 is 13.2 Å². The van der Waals surface area contributed by atoms with Crippen molar-refractivity contribution in [3.63, 3.8) is 0 Å². The molecule has 6 heteroatoms. The molecule has 26 heavy (non-hydrogen) atoms. The molecule has 1 aliphatic rings. The van der Waals surface area contributed by atoms with Gasteiger partial charge >= 0.3 is 0 Å². The zero-order valence-electron chi connectivity index (χ0n) is 14.9. The van der Waals surface area contributed by atoms with Crippen LogP contribution in [0.25, 0.3) is 0 Å². The molecule has 1 unspecified atom stereocenters. The summed E-state index contributed by atoms with van der Waals surface area (Å²) in [5.41, 5.74) is 1.95. The number of carbonyl (C=O) groups excluding carboxylic acids is 1. The SMILES string of the molecule is CCc1ccc(NC(=O)C2CCCN(S(=O)(=O)c3ccccc3)C2)cc1. The first kappa shape index (κ1) is 18.6. The molecule has 2 aromatic carbocycles. The summed E-state index contributed by atoms with van der Waals surface area (Å²) >= 11 is 0. The third-order valence-electron chi connectivity index (χ3n) is 4.77. The number of hydrogen-bond acceptors (Lipinski definition) is 3. The molecule has 1 saturated heterocycles. The van der Waals surface area contributed by atoms with Crippen molar-refractivity contribution in [1.82, 2.24) is 4.31 Å². The second-order valence-corrected chi connectivity index (χ2v) is 8.49. The Hall–Kier alpha value is -2.18. The van der Waals surface area contributed by atoms with Crippen LogP contribution in [0.1, 0.15) is 25.3 Å². The third kappa shape index (κ3) is 4.14. The Kier molecular flexibility index (Phi) is 5.74. The van der Waals surface area contributed by atoms with Gasteiger partial charge in [-0.25, -0.2) is 8.42 Å². The monoisotopic (exact) mass is 372 g/mol. The van der Waals surface area contributed by atoms with Gasteiger partial charge in [-0.2, -0.15) is 4.31 Å². The smallest absolute Gasteiger partial charge is 0.243 e. The fourth-order valence-corrected chi connectivity index (χ4v) is 4.73. The van der Waals surface area contributed by atoms with Crippen LogP contribution in [0.5, 0.6) is 0 Å². The Labute approximate surface area is 155 Å². The number of benzene rings is 2. The number of hydrogen-bond donors (Lipinski definition) is 1. The summed E-state index contributed by atoms with van der Waals surface area (Å²) < 4.78 is 27.0. The maximum Gasteiger partial charge on any atom is 0.243 e. The van der Waals surface area contributed by atoms with Crippen LogP contribution in [0.4, 0.5) is 5.69 Å². The van der Waals surface area contributed by atoms with E-state index >= 15 is 0 Å². The molecule has 0 aliphatic carbocycles. The molecule has 0 saturated carbocycles. The highest BCUT2D eigenvalue weighted by Gasteiger charge is 2.33. The van der Waals surface area contributed by atoms with Crippen LogP contribution in [0.2, 0.25) is 0 Å². The normalized spacial score (nSPS) is 18.4. The van der Waals surface area contributed by atoms with Crippen molar-refractivity contribution >= 4 is 21.6 Å². The van der Waals surface area contributed by atoms with Gasteiger partial charge in [-0.05, 0) is 49.1 Å². The molecule has 0 aromatic heterocycles. The van der Waals surface area contributed by atoms with Gasteiger partial charge in [-0.1, -0.05) is 37.3 Å². The Morgan fingerprint density at radius 2 is 1.81 bits per heavy atom. The summed E-state index contributed by atoms with van der Waals surface area (Å²) in [6.45, 7) is 2.75. The number of anilines is 1. The molecule has 138 valence electrons. The van der Waals surface area contributed by atoms with Gasteiger partial charge in [0.2, 0.25) is 15.9 Å². The summed E-state index contributed by atoms with van der Waals surface area (Å²) in [4.78, 5) is 12.9. The summed E-state index contributed by atoms with van der Waals surface area (Å²) in [5.74, 6) is -0.463. The number of sulfonamides is 1. The minimum atomic E-state index is -3.56. The number of nitrogens with one attached hydrogen (secondary N) is 1. The summed E-state index contributed by atoms with van der Waals surface area (Å²) in [6, 6.07) is 16.1. The van der Waals surface area contributed by atoms with Crippen molar-refractivity contribution in [2.24, 2.45) is 5.92 Å². The lowest BCUT2D eigenvalue weighted by Crippen LogP contribution is -2.43. The molecule has 1 N–H and O–H groups in total. The third-order valence-corrected chi connectivity index (χ3v) is 6.64. The van der Waals surface area contributed by atoms with E-state index in [0.29, 0.717) is 19.4 Å². The van der Waals surface area contributed by atoms with Crippen molar-refractivity contribution in [2.45, 2.75) is 31.1 Å². The number of amides is 1. The van der Waals surface area contributed by atoms with E-state index in [1.165, 1.54) is 9.87 Å². The molecule has 1 amide bonds. The molecule has 1 fully saturated rings. The molecule has 5 nitrogen and oxygen atoms in total. The highest BCUT2D eigenvalue weighted by molar-refractivity contribution is 7.89. The molecule has 0 bridgehead atoms. The Morgan fingerprint density at radius 1 is 1.12 bits per heavy atom. The first-order chi connectivity index (χ1) is 12.5. The van der Waals surface area contributed by atoms with Crippen LogP contribution in [0, 0.1) is 5.92 Å². The van der Waals surface area contributed by atoms with E-state index in [-0.39, 0.29) is 23.3 Å². The lowest BCUT2D eigenvalue weighted by molar-refractivity contribution is -0.120. The lowest BCUT2D eigenvalue weighted by Gasteiger charge is -2.31. The van der Waals surface area contributed by atoms with Crippen molar-refractivity contribution in [3.8, 4) is 0 Å². The standard InChI is InChI=1S/C20H24N2O3S/c1-2-16-10-12-18(13-11-16)21-20(23)17-7-6-14-22(15-17)26(24,25)19-8-4-3-5-9-19/h3-5,8-13,17H,2,6-7,14-15H2,1H3,(H,21,23). The van der Waals surface area contributed by atoms with Gasteiger partial charge in [-0.15, -0.1) is 0 Å². The molecule has 1 atom stereocenters. The van der Waals surface area contributed by atoms with Gasteiger partial charge in [0, 0.05) is 18.8 Å². The van der Waals surface area contributed by atoms with Crippen LogP contribution in [-0.2, 0) is 21.2 Å². The van der Waals surface area contributed by atoms with E-state index in [1.54, 1.807) is 30.3 Å². The van der Waals surface area contributed by atoms with Crippen LogP contribution < -0.4 is 5.32 Å². The Bertz CT molecular complexity index is 848. The van der Waals surface area contributed by atoms with E-state index in [2.05, 4.69) is 12.2 Å². The first-order valence-electron chi connectivity index (χ1n) is 8.95. The highest BCUT2D eigenvalue weighted by Crippen LogP contribution is 2.24. The molecule has 3 rings (SSSR count). The molecule has 1 aliphatic heterocycles. The zero-order valence-corrected chi connectivity index (χ0v) is 15.7. The first-order valence-corrected chi connectivity index (χ1v) is 10.4. The number of aryl methyl sites for hydroxylation is 1. The lowest BCUT2D eigenvalue weighted by atomic mass is 9.98. The topological polar surface area (TPSA) is 66.5 Å². The summed E-state index contributed by atoms with van der Waals surface area (Å²) in [6.07, 6.45) is 2.32. The second kappa shape index (κ2) is 8.01. The largest absolute Gasteiger partial charge is 0.326 e. The minimum absolute atomic E-state index is 0.123. The van der Waals surface area contributed by atoms with Crippen molar-refractivity contribution in [3.05, 3.63) is 60.2 Å². The second-order valence-electron chi connectivity index (χ2n) is 6.55. The quantitative estimate of drug-likeness (QED) is 0.876. The maximum atomic E-state index is 12.8. The van der Waals surface area contributed by atoms with Gasteiger partial charge in [0.15, 0.2) is 0 Å². The Balaban J connectivity index is 1.68. The Morgan fingerprint density at radius 3 is 2.46 bits per heavy atom. The van der Waals surface area contributed by atoms with Crippen LogP contribution in [0.3, 0.4) is 0 Å². The fourth-order valence-electron chi connectivity index (χ4n) is 3.18. The van der Waals surface area contributed by atoms with Gasteiger partial charge < -0.3 is 5.32 Å². The van der Waals surface area contributed by atoms with Gasteiger partial charge in [0.05, 0.1) is 10.8 Å². The molecular weight excluding hydrogens is 348 g/mol. The molecule has 0 spiro atoms. The molecular formula is C20H24N2O3S. The maximum absolute atomic E-state index is 12.8. The minimum Gasteiger partial charge on any atom is -0.326 e. The van der Waals surface area contributed by atoms with Crippen LogP contribution in [-0.4, -0.2) is 31.7 Å². The van der Waals surface area contributed by atoms with Crippen molar-refractivity contribution in [2.75, 3.05) is 18.4 Å². The summed E-state index contributed by atoms with van der Waals surface area (Å²) in [5, 5.41) is 2.91. The highest BCUT2D eigenvalue weighted by atomic mass is 32.2. The molecule has 0 radical (unpaired) electrons. The number of carbonyl (C=O) groups is 1. The van der Waals surface area contributed by atoms with E-state index < -0.39 is 10.0 Å². The van der Waals surface area contributed by atoms with E-state index in [1.807, 2.05) is 24.3 Å². The van der Waals surface area contributed by atoms with Gasteiger partial charge in [-0.3, -0.25) is 4.79 Å². The number of rotatable bonds is 5. The van der Waals surface area contributed by atoms with Crippen LogP contribution in [0.15, 0.2) is 59.5 Å². The summed E-state index contributed by atoms with van der Waals surface area (Å²) in [7, 11) is -3.56. The van der Waals surface area contributed by atoms with E-state index in [0.717, 1.165) is 12.1 Å². The van der Waals surface area contributed by atoms with Crippen molar-refractivity contribution in [1.29, 1.82) is 0 Å². The van der Waals surface area contributed by atoms with Crippen LogP contribution >= 0.6 is 0 Å². The molecule has 2 aromatic rings. The van der Waals surface area contributed by atoms with Gasteiger partial charge in [0.25, 0.3) is 0 Å².